The summed E-state index contributed by atoms with van der Waals surface area (Å²) in [6.45, 7) is 4.97. The van der Waals surface area contributed by atoms with Gasteiger partial charge in [-0.05, 0) is 25.6 Å². The van der Waals surface area contributed by atoms with Crippen LogP contribution in [0.2, 0.25) is 0 Å². The molecule has 0 aliphatic carbocycles. The maximum absolute atomic E-state index is 11.6. The van der Waals surface area contributed by atoms with E-state index in [0.717, 1.165) is 12.2 Å². The van der Waals surface area contributed by atoms with Crippen molar-refractivity contribution in [3.8, 4) is 0 Å². The summed E-state index contributed by atoms with van der Waals surface area (Å²) in [5.41, 5.74) is 1.34. The highest BCUT2D eigenvalue weighted by Crippen LogP contribution is 2.09. The zero-order valence-electron chi connectivity index (χ0n) is 9.53. The van der Waals surface area contributed by atoms with E-state index in [-0.39, 0.29) is 5.75 Å². The van der Waals surface area contributed by atoms with Crippen molar-refractivity contribution in [1.82, 2.24) is 10.3 Å². The maximum atomic E-state index is 11.6. The van der Waals surface area contributed by atoms with E-state index in [0.29, 0.717) is 12.2 Å². The number of aromatic nitrogens is 1. The van der Waals surface area contributed by atoms with Crippen molar-refractivity contribution in [2.24, 2.45) is 0 Å². The second kappa shape index (κ2) is 5.81. The fourth-order valence-corrected chi connectivity index (χ4v) is 2.22. The molecule has 6 heteroatoms. The van der Waals surface area contributed by atoms with Crippen LogP contribution in [-0.4, -0.2) is 32.2 Å². The molecular formula is C10H17N3O2S. The average molecular weight is 243 g/mol. The van der Waals surface area contributed by atoms with E-state index in [1.807, 2.05) is 13.8 Å². The molecule has 0 atom stereocenters. The van der Waals surface area contributed by atoms with Crippen molar-refractivity contribution >= 4 is 15.7 Å². The Morgan fingerprint density at radius 2 is 2.19 bits per heavy atom. The molecule has 5 nitrogen and oxygen atoms in total. The van der Waals surface area contributed by atoms with Gasteiger partial charge in [0.15, 0.2) is 0 Å². The van der Waals surface area contributed by atoms with Gasteiger partial charge in [-0.15, -0.1) is 0 Å². The lowest BCUT2D eigenvalue weighted by Gasteiger charge is -2.08. The van der Waals surface area contributed by atoms with Gasteiger partial charge in [0.2, 0.25) is 10.0 Å². The molecule has 0 radical (unpaired) electrons. The number of anilines is 1. The number of pyridine rings is 1. The largest absolute Gasteiger partial charge is 0.316 e. The number of rotatable bonds is 6. The normalized spacial score (nSPS) is 11.4. The van der Waals surface area contributed by atoms with Crippen molar-refractivity contribution < 1.29 is 8.42 Å². The number of nitrogens with one attached hydrogen (secondary N) is 2. The molecule has 1 aromatic rings. The Bertz CT molecular complexity index is 431. The maximum Gasteiger partial charge on any atom is 0.233 e. The first kappa shape index (κ1) is 12.9. The third-order valence-corrected chi connectivity index (χ3v) is 3.26. The summed E-state index contributed by atoms with van der Waals surface area (Å²) in [5, 5.41) is 2.97. The Kier molecular flexibility index (Phi) is 4.70. The van der Waals surface area contributed by atoms with Crippen molar-refractivity contribution in [3.05, 3.63) is 24.0 Å². The highest BCUT2D eigenvalue weighted by molar-refractivity contribution is 7.92. The van der Waals surface area contributed by atoms with Crippen LogP contribution >= 0.6 is 0 Å². The quantitative estimate of drug-likeness (QED) is 0.723. The molecule has 0 unspecified atom stereocenters. The molecule has 0 aromatic carbocycles. The first-order valence-corrected chi connectivity index (χ1v) is 6.82. The summed E-state index contributed by atoms with van der Waals surface area (Å²) in [6.07, 6.45) is 1.58. The number of hydrogen-bond donors (Lipinski definition) is 2. The predicted molar refractivity (Wildman–Crippen MR) is 64.9 cm³/mol. The fraction of sp³-hybridized carbons (Fsp3) is 0.500. The number of aryl methyl sites for hydroxylation is 1. The number of nitrogens with zero attached hydrogens (tertiary/aromatic N) is 1. The molecule has 1 rings (SSSR count). The average Bonchev–Trinajstić information content (AvgIpc) is 2.17. The van der Waals surface area contributed by atoms with E-state index in [1.54, 1.807) is 18.3 Å². The van der Waals surface area contributed by atoms with E-state index in [2.05, 4.69) is 15.0 Å². The van der Waals surface area contributed by atoms with Gasteiger partial charge in [0.25, 0.3) is 0 Å². The molecule has 1 heterocycles. The molecule has 0 bridgehead atoms. The first-order chi connectivity index (χ1) is 7.53. The molecule has 0 spiro atoms. The van der Waals surface area contributed by atoms with Gasteiger partial charge in [0.05, 0.1) is 11.4 Å². The Balaban J connectivity index is 2.59. The molecule has 0 saturated carbocycles. The van der Waals surface area contributed by atoms with Crippen LogP contribution in [-0.2, 0) is 10.0 Å². The molecule has 0 saturated heterocycles. The van der Waals surface area contributed by atoms with Crippen molar-refractivity contribution in [2.75, 3.05) is 23.6 Å². The number of sulfonamides is 1. The monoisotopic (exact) mass is 243 g/mol. The van der Waals surface area contributed by atoms with Crippen LogP contribution in [0.4, 0.5) is 5.69 Å². The second-order valence-corrected chi connectivity index (χ2v) is 5.30. The molecule has 0 amide bonds. The van der Waals surface area contributed by atoms with Crippen molar-refractivity contribution in [3.63, 3.8) is 0 Å². The van der Waals surface area contributed by atoms with Gasteiger partial charge in [0, 0.05) is 18.4 Å². The molecule has 2 N–H and O–H groups in total. The minimum atomic E-state index is -3.26. The summed E-state index contributed by atoms with van der Waals surface area (Å²) >= 11 is 0. The van der Waals surface area contributed by atoms with Gasteiger partial charge in [-0.3, -0.25) is 9.71 Å². The first-order valence-electron chi connectivity index (χ1n) is 5.17. The summed E-state index contributed by atoms with van der Waals surface area (Å²) in [4.78, 5) is 4.00. The van der Waals surface area contributed by atoms with Gasteiger partial charge >= 0.3 is 0 Å². The molecule has 0 aliphatic rings. The zero-order valence-corrected chi connectivity index (χ0v) is 10.3. The molecule has 90 valence electrons. The fourth-order valence-electron chi connectivity index (χ4n) is 1.22. The molecule has 1 aromatic heterocycles. The Hall–Kier alpha value is -1.14. The van der Waals surface area contributed by atoms with Gasteiger partial charge in [-0.25, -0.2) is 8.42 Å². The van der Waals surface area contributed by atoms with E-state index in [1.165, 1.54) is 0 Å². The van der Waals surface area contributed by atoms with Crippen molar-refractivity contribution in [1.29, 1.82) is 0 Å². The molecular weight excluding hydrogens is 226 g/mol. The zero-order chi connectivity index (χ0) is 12.0. The topological polar surface area (TPSA) is 71.1 Å². The SMILES string of the molecule is CCNCCS(=O)(=O)Nc1ccnc(C)c1. The minimum absolute atomic E-state index is 0.0716. The second-order valence-electron chi connectivity index (χ2n) is 3.46. The summed E-state index contributed by atoms with van der Waals surface area (Å²) in [6, 6.07) is 3.34. The molecule has 0 fully saturated rings. The standard InChI is InChI=1S/C10H17N3O2S/c1-3-11-6-7-16(14,15)13-10-4-5-12-9(2)8-10/h4-5,8,11H,3,6-7H2,1-2H3,(H,12,13). The highest BCUT2D eigenvalue weighted by Gasteiger charge is 2.09. The van der Waals surface area contributed by atoms with Crippen LogP contribution in [0.15, 0.2) is 18.3 Å². The third-order valence-electron chi connectivity index (χ3n) is 1.97. The minimum Gasteiger partial charge on any atom is -0.316 e. The lowest BCUT2D eigenvalue weighted by molar-refractivity contribution is 0.597. The number of hydrogen-bond acceptors (Lipinski definition) is 4. The third kappa shape index (κ3) is 4.59. The Morgan fingerprint density at radius 3 is 2.81 bits per heavy atom. The van der Waals surface area contributed by atoms with Crippen molar-refractivity contribution in [2.45, 2.75) is 13.8 Å². The van der Waals surface area contributed by atoms with E-state index < -0.39 is 10.0 Å². The summed E-state index contributed by atoms with van der Waals surface area (Å²) in [5.74, 6) is 0.0716. The Labute approximate surface area is 96.3 Å². The molecule has 0 aliphatic heterocycles. The van der Waals surface area contributed by atoms with Gasteiger partial charge in [0.1, 0.15) is 0 Å². The van der Waals surface area contributed by atoms with Crippen LogP contribution in [0.25, 0.3) is 0 Å². The van der Waals surface area contributed by atoms with Crippen LogP contribution in [0, 0.1) is 6.92 Å². The van der Waals surface area contributed by atoms with Crippen LogP contribution in [0.3, 0.4) is 0 Å². The van der Waals surface area contributed by atoms with Crippen LogP contribution in [0.5, 0.6) is 0 Å². The summed E-state index contributed by atoms with van der Waals surface area (Å²) < 4.78 is 25.7. The van der Waals surface area contributed by atoms with Crippen LogP contribution < -0.4 is 10.0 Å². The predicted octanol–water partition coefficient (Wildman–Crippen LogP) is 0.741. The van der Waals surface area contributed by atoms with Crippen LogP contribution in [0.1, 0.15) is 12.6 Å². The summed E-state index contributed by atoms with van der Waals surface area (Å²) in [7, 11) is -3.26. The molecule has 16 heavy (non-hydrogen) atoms. The lowest BCUT2D eigenvalue weighted by atomic mass is 10.3. The van der Waals surface area contributed by atoms with E-state index in [9.17, 15) is 8.42 Å². The van der Waals surface area contributed by atoms with Gasteiger partial charge in [-0.2, -0.15) is 0 Å². The van der Waals surface area contributed by atoms with Gasteiger partial charge in [-0.1, -0.05) is 6.92 Å². The Morgan fingerprint density at radius 1 is 1.44 bits per heavy atom. The van der Waals surface area contributed by atoms with Gasteiger partial charge < -0.3 is 5.32 Å². The highest BCUT2D eigenvalue weighted by atomic mass is 32.2. The lowest BCUT2D eigenvalue weighted by Crippen LogP contribution is -2.26. The van der Waals surface area contributed by atoms with E-state index in [4.69, 9.17) is 0 Å². The smallest absolute Gasteiger partial charge is 0.233 e. The van der Waals surface area contributed by atoms with E-state index >= 15 is 0 Å².